The van der Waals surface area contributed by atoms with E-state index in [4.69, 9.17) is 0 Å². The fraction of sp³-hybridized carbons (Fsp3) is 0.143. The van der Waals surface area contributed by atoms with Crippen molar-refractivity contribution < 1.29 is 0 Å². The molecule has 2 bridgehead atoms. The van der Waals surface area contributed by atoms with Crippen LogP contribution in [0.1, 0.15) is 5.56 Å². The first-order valence-corrected chi connectivity index (χ1v) is 3.36. The second-order valence-corrected chi connectivity index (χ2v) is 2.64. The quantitative estimate of drug-likeness (QED) is 0.473. The topological polar surface area (TPSA) is 25.6 Å². The first-order chi connectivity index (χ1) is 4.93. The van der Waals surface area contributed by atoms with Gasteiger partial charge in [0.15, 0.2) is 0 Å². The minimum atomic E-state index is 0.994. The largest absolute Gasteiger partial charge is 0.202 e. The molecule has 0 fully saturated rings. The maximum atomic E-state index is 3.11. The van der Waals surface area contributed by atoms with Gasteiger partial charge >= 0.3 is 0 Å². The Hall–Kier alpha value is -1.38. The monoisotopic (exact) mass is 133 g/mol. The van der Waals surface area contributed by atoms with Crippen LogP contribution >= 0.6 is 0 Å². The number of aromatic amines is 1. The van der Waals surface area contributed by atoms with Crippen LogP contribution in [-0.2, 0) is 6.54 Å². The molecule has 50 valence electrons. The van der Waals surface area contributed by atoms with Crippen LogP contribution in [0.15, 0.2) is 24.3 Å². The van der Waals surface area contributed by atoms with Crippen molar-refractivity contribution in [2.45, 2.75) is 6.54 Å². The van der Waals surface area contributed by atoms with Gasteiger partial charge in [-0.3, -0.25) is 0 Å². The summed E-state index contributed by atoms with van der Waals surface area (Å²) in [7, 11) is 0. The Morgan fingerprint density at radius 3 is 3.40 bits per heavy atom. The normalized spacial score (nSPS) is 13.6. The standard InChI is InChI=1S/C7H7N3/c1-2-6-4-7(3-1)10-8-9(10)5-6/h1-4,8H,5H2. The zero-order valence-corrected chi connectivity index (χ0v) is 5.41. The van der Waals surface area contributed by atoms with Gasteiger partial charge in [-0.05, 0) is 17.7 Å². The zero-order valence-electron chi connectivity index (χ0n) is 5.41. The zero-order chi connectivity index (χ0) is 6.55. The van der Waals surface area contributed by atoms with Gasteiger partial charge in [0.05, 0.1) is 12.2 Å². The molecule has 0 amide bonds. The summed E-state index contributed by atoms with van der Waals surface area (Å²) < 4.78 is 0. The van der Waals surface area contributed by atoms with Gasteiger partial charge < -0.3 is 0 Å². The van der Waals surface area contributed by atoms with Crippen LogP contribution in [0.2, 0.25) is 0 Å². The predicted molar refractivity (Wildman–Crippen MR) is 37.2 cm³/mol. The highest BCUT2D eigenvalue weighted by atomic mass is 15.8. The minimum absolute atomic E-state index is 0.994. The number of hydrogen-bond donors (Lipinski definition) is 1. The lowest BCUT2D eigenvalue weighted by atomic mass is 10.2. The van der Waals surface area contributed by atoms with Crippen molar-refractivity contribution in [1.82, 2.24) is 14.8 Å². The van der Waals surface area contributed by atoms with E-state index >= 15 is 0 Å². The number of nitrogens with zero attached hydrogens (tertiary/aromatic N) is 2. The lowest BCUT2D eigenvalue weighted by Gasteiger charge is -2.04. The molecular weight excluding hydrogens is 126 g/mol. The molecule has 0 atom stereocenters. The molecule has 0 saturated heterocycles. The summed E-state index contributed by atoms with van der Waals surface area (Å²) >= 11 is 0. The molecule has 0 unspecified atom stereocenters. The average Bonchev–Trinajstić information content (AvgIpc) is 2.68. The molecule has 1 aromatic carbocycles. The molecule has 0 saturated carbocycles. The fourth-order valence-electron chi connectivity index (χ4n) is 1.35. The van der Waals surface area contributed by atoms with E-state index in [1.165, 1.54) is 11.3 Å². The van der Waals surface area contributed by atoms with Gasteiger partial charge in [0.2, 0.25) is 0 Å². The smallest absolute Gasteiger partial charge is 0.0851 e. The van der Waals surface area contributed by atoms with E-state index in [1.807, 2.05) is 4.80 Å². The maximum absolute atomic E-state index is 3.11. The van der Waals surface area contributed by atoms with Crippen molar-refractivity contribution in [1.29, 1.82) is 0 Å². The van der Waals surface area contributed by atoms with E-state index in [0.29, 0.717) is 0 Å². The van der Waals surface area contributed by atoms with Gasteiger partial charge in [-0.15, -0.1) is 0 Å². The van der Waals surface area contributed by atoms with Crippen LogP contribution in [0, 0.1) is 0 Å². The molecule has 3 rings (SSSR count). The van der Waals surface area contributed by atoms with E-state index in [2.05, 4.69) is 34.3 Å². The third kappa shape index (κ3) is 0.409. The molecule has 2 heterocycles. The molecule has 1 aliphatic heterocycles. The van der Waals surface area contributed by atoms with E-state index in [1.54, 1.807) is 0 Å². The lowest BCUT2D eigenvalue weighted by molar-refractivity contribution is 0.730. The highest BCUT2D eigenvalue weighted by Gasteiger charge is 2.14. The van der Waals surface area contributed by atoms with E-state index in [0.717, 1.165) is 6.54 Å². The molecule has 0 aliphatic carbocycles. The van der Waals surface area contributed by atoms with Gasteiger partial charge in [-0.1, -0.05) is 12.1 Å². The van der Waals surface area contributed by atoms with Gasteiger partial charge in [-0.2, -0.15) is 9.59 Å². The fourth-order valence-corrected chi connectivity index (χ4v) is 1.35. The Morgan fingerprint density at radius 1 is 1.40 bits per heavy atom. The van der Waals surface area contributed by atoms with Crippen LogP contribution in [-0.4, -0.2) is 14.8 Å². The molecule has 0 spiro atoms. The summed E-state index contributed by atoms with van der Waals surface area (Å²) in [5, 5.41) is 3.11. The molecule has 3 heteroatoms. The van der Waals surface area contributed by atoms with Crippen molar-refractivity contribution in [3.05, 3.63) is 29.8 Å². The van der Waals surface area contributed by atoms with Crippen molar-refractivity contribution >= 4 is 0 Å². The summed E-state index contributed by atoms with van der Waals surface area (Å²) in [5.74, 6) is 0. The molecule has 1 aliphatic rings. The second kappa shape index (κ2) is 1.21. The summed E-state index contributed by atoms with van der Waals surface area (Å²) in [6.07, 6.45) is 0. The Morgan fingerprint density at radius 2 is 2.40 bits per heavy atom. The summed E-state index contributed by atoms with van der Waals surface area (Å²) in [5.41, 5.74) is 2.61. The lowest BCUT2D eigenvalue weighted by Crippen LogP contribution is -2.01. The number of nitrogens with one attached hydrogen (secondary N) is 1. The van der Waals surface area contributed by atoms with Gasteiger partial charge in [0.1, 0.15) is 0 Å². The first kappa shape index (κ1) is 4.44. The van der Waals surface area contributed by atoms with E-state index in [-0.39, 0.29) is 0 Å². The molecule has 2 aromatic rings. The number of aromatic nitrogens is 3. The Labute approximate surface area is 57.8 Å². The second-order valence-electron chi connectivity index (χ2n) is 2.64. The summed E-state index contributed by atoms with van der Waals surface area (Å²) in [6.45, 7) is 0.994. The van der Waals surface area contributed by atoms with Crippen LogP contribution < -0.4 is 0 Å². The van der Waals surface area contributed by atoms with Crippen molar-refractivity contribution in [3.8, 4) is 5.69 Å². The van der Waals surface area contributed by atoms with Crippen molar-refractivity contribution in [2.24, 2.45) is 0 Å². The first-order valence-electron chi connectivity index (χ1n) is 3.36. The number of hydrogen-bond acceptors (Lipinski definition) is 0. The average molecular weight is 133 g/mol. The highest BCUT2D eigenvalue weighted by molar-refractivity contribution is 5.36. The summed E-state index contributed by atoms with van der Waals surface area (Å²) in [4.78, 5) is 4.11. The molecule has 1 N–H and O–H groups in total. The Balaban J connectivity index is 2.36. The Bertz CT molecular complexity index is 363. The van der Waals surface area contributed by atoms with Crippen molar-refractivity contribution in [2.75, 3.05) is 0 Å². The molecule has 0 radical (unpaired) electrons. The van der Waals surface area contributed by atoms with E-state index < -0.39 is 0 Å². The third-order valence-corrected chi connectivity index (χ3v) is 1.90. The van der Waals surface area contributed by atoms with Gasteiger partial charge in [-0.25, -0.2) is 5.21 Å². The van der Waals surface area contributed by atoms with Gasteiger partial charge in [0.25, 0.3) is 0 Å². The molecule has 1 aromatic heterocycles. The van der Waals surface area contributed by atoms with Crippen molar-refractivity contribution in [3.63, 3.8) is 0 Å². The highest BCUT2D eigenvalue weighted by Crippen LogP contribution is 2.17. The number of benzene rings is 1. The van der Waals surface area contributed by atoms with Gasteiger partial charge in [0, 0.05) is 0 Å². The molecule has 3 nitrogen and oxygen atoms in total. The number of fused-ring (bicyclic) bond motifs is 4. The Kier molecular flexibility index (Phi) is 0.537. The van der Waals surface area contributed by atoms with Crippen LogP contribution in [0.5, 0.6) is 0 Å². The molecule has 10 heavy (non-hydrogen) atoms. The summed E-state index contributed by atoms with van der Waals surface area (Å²) in [6, 6.07) is 8.51. The van der Waals surface area contributed by atoms with E-state index in [9.17, 15) is 0 Å². The third-order valence-electron chi connectivity index (χ3n) is 1.90. The predicted octanol–water partition coefficient (Wildman–Crippen LogP) is 0.969. The van der Waals surface area contributed by atoms with Crippen LogP contribution in [0.4, 0.5) is 0 Å². The van der Waals surface area contributed by atoms with Crippen LogP contribution in [0.3, 0.4) is 0 Å². The maximum Gasteiger partial charge on any atom is 0.0851 e. The SMILES string of the molecule is c1cc2cc(c1)-n1[nH]n1C2. The number of rotatable bonds is 0. The number of H-pyrrole nitrogens is 1. The van der Waals surface area contributed by atoms with Crippen LogP contribution in [0.25, 0.3) is 5.69 Å². The minimum Gasteiger partial charge on any atom is -0.202 e. The molecular formula is C7H7N3.